The van der Waals surface area contributed by atoms with Crippen molar-refractivity contribution in [3.63, 3.8) is 0 Å². The zero-order chi connectivity index (χ0) is 15.8. The van der Waals surface area contributed by atoms with E-state index >= 15 is 0 Å². The van der Waals surface area contributed by atoms with Crippen LogP contribution in [0, 0.1) is 0 Å². The fourth-order valence-corrected chi connectivity index (χ4v) is 2.03. The van der Waals surface area contributed by atoms with Crippen LogP contribution in [0.2, 0.25) is 0 Å². The summed E-state index contributed by atoms with van der Waals surface area (Å²) >= 11 is 0. The third-order valence-corrected chi connectivity index (χ3v) is 2.98. The average molecular weight is 292 g/mol. The number of fused-ring (bicyclic) bond motifs is 1. The highest BCUT2D eigenvalue weighted by molar-refractivity contribution is 5.92. The summed E-state index contributed by atoms with van der Waals surface area (Å²) in [6.45, 7) is 6.38. The number of rotatable bonds is 5. The molecule has 0 aliphatic heterocycles. The van der Waals surface area contributed by atoms with E-state index in [4.69, 9.17) is 5.11 Å². The van der Waals surface area contributed by atoms with Crippen LogP contribution in [0.25, 0.3) is 10.8 Å². The number of hydrogen-bond acceptors (Lipinski definition) is 5. The van der Waals surface area contributed by atoms with Crippen LogP contribution in [0.4, 0.5) is 5.82 Å². The van der Waals surface area contributed by atoms with Crippen LogP contribution in [0.3, 0.4) is 0 Å². The fourth-order valence-electron chi connectivity index (χ4n) is 2.03. The topological polar surface area (TPSA) is 80.0 Å². The largest absolute Gasteiger partial charge is 0.395 e. The van der Waals surface area contributed by atoms with Gasteiger partial charge >= 0.3 is 0 Å². The maximum atomic E-state index is 12.3. The number of hydrogen-bond donors (Lipinski definition) is 2. The summed E-state index contributed by atoms with van der Waals surface area (Å²) in [5.74, 6) is 0.435. The van der Waals surface area contributed by atoms with Crippen molar-refractivity contribution in [3.05, 3.63) is 28.3 Å². The van der Waals surface area contributed by atoms with Crippen molar-refractivity contribution < 1.29 is 5.11 Å². The molecule has 0 saturated heterocycles. The molecule has 0 amide bonds. The smallest absolute Gasteiger partial charge is 0.262 e. The molecule has 0 aliphatic rings. The lowest BCUT2D eigenvalue weighted by Crippen LogP contribution is -2.20. The minimum atomic E-state index is -0.106. The quantitative estimate of drug-likeness (QED) is 0.877. The molecule has 0 atom stereocenters. The molecular formula is C15H24N4O2. The van der Waals surface area contributed by atoms with Crippen molar-refractivity contribution in [1.29, 1.82) is 0 Å². The lowest BCUT2D eigenvalue weighted by Gasteiger charge is -2.10. The van der Waals surface area contributed by atoms with Gasteiger partial charge in [0.15, 0.2) is 5.82 Å². The van der Waals surface area contributed by atoms with Crippen molar-refractivity contribution in [2.24, 2.45) is 7.05 Å². The molecule has 6 heteroatoms. The molecule has 0 saturated carbocycles. The molecule has 2 aromatic rings. The van der Waals surface area contributed by atoms with E-state index in [1.807, 2.05) is 19.9 Å². The maximum absolute atomic E-state index is 12.3. The highest BCUT2D eigenvalue weighted by Crippen LogP contribution is 2.20. The van der Waals surface area contributed by atoms with E-state index in [2.05, 4.69) is 22.4 Å². The average Bonchev–Trinajstić information content (AvgIpc) is 2.52. The highest BCUT2D eigenvalue weighted by Gasteiger charge is 2.12. The number of nitrogens with zero attached hydrogens (tertiary/aromatic N) is 3. The number of aromatic nitrogens is 3. The molecular weight excluding hydrogens is 268 g/mol. The molecule has 0 radical (unpaired) electrons. The summed E-state index contributed by atoms with van der Waals surface area (Å²) in [5.41, 5.74) is 0.731. The highest BCUT2D eigenvalue weighted by atomic mass is 16.3. The SMILES string of the molecule is CC.CCCc1nnc(NCCO)c2c(=O)n(C)ccc12. The van der Waals surface area contributed by atoms with E-state index < -0.39 is 0 Å². The standard InChI is InChI=1S/C13H18N4O2.C2H6/c1-3-4-10-9-5-7-17(2)13(19)11(9)12(16-15-10)14-6-8-18;1-2/h5,7,18H,3-4,6,8H2,1-2H3,(H,14,16);1-2H3. The van der Waals surface area contributed by atoms with E-state index in [0.29, 0.717) is 17.7 Å². The van der Waals surface area contributed by atoms with Crippen molar-refractivity contribution >= 4 is 16.6 Å². The first-order valence-electron chi connectivity index (χ1n) is 7.38. The molecule has 6 nitrogen and oxygen atoms in total. The molecule has 0 fully saturated rings. The minimum Gasteiger partial charge on any atom is -0.395 e. The Morgan fingerprint density at radius 2 is 2.05 bits per heavy atom. The number of aryl methyl sites for hydroxylation is 2. The second-order valence-corrected chi connectivity index (χ2v) is 4.42. The van der Waals surface area contributed by atoms with Crippen LogP contribution in [0.1, 0.15) is 32.9 Å². The van der Waals surface area contributed by atoms with Crippen LogP contribution in [-0.2, 0) is 13.5 Å². The summed E-state index contributed by atoms with van der Waals surface area (Å²) in [5, 5.41) is 21.4. The Hall–Kier alpha value is -1.95. The van der Waals surface area contributed by atoms with Gasteiger partial charge in [-0.3, -0.25) is 4.79 Å². The minimum absolute atomic E-state index is 0.0208. The summed E-state index contributed by atoms with van der Waals surface area (Å²) in [4.78, 5) is 12.3. The Kier molecular flexibility index (Phi) is 6.81. The third kappa shape index (κ3) is 3.78. The Balaban J connectivity index is 0.00000106. The number of nitrogens with one attached hydrogen (secondary N) is 1. The van der Waals surface area contributed by atoms with E-state index in [-0.39, 0.29) is 12.2 Å². The zero-order valence-electron chi connectivity index (χ0n) is 13.2. The molecule has 0 unspecified atom stereocenters. The van der Waals surface area contributed by atoms with Crippen LogP contribution in [-0.4, -0.2) is 33.0 Å². The predicted octanol–water partition coefficient (Wildman–Crippen LogP) is 1.71. The van der Waals surface area contributed by atoms with Gasteiger partial charge in [0.1, 0.15) is 0 Å². The van der Waals surface area contributed by atoms with E-state index in [0.717, 1.165) is 23.9 Å². The van der Waals surface area contributed by atoms with E-state index in [1.165, 1.54) is 4.57 Å². The normalized spacial score (nSPS) is 10.1. The molecule has 21 heavy (non-hydrogen) atoms. The number of pyridine rings is 1. The summed E-state index contributed by atoms with van der Waals surface area (Å²) in [6, 6.07) is 1.89. The second-order valence-electron chi connectivity index (χ2n) is 4.42. The Morgan fingerprint density at radius 3 is 2.67 bits per heavy atom. The van der Waals surface area contributed by atoms with Crippen LogP contribution in [0.15, 0.2) is 17.1 Å². The van der Waals surface area contributed by atoms with Gasteiger partial charge in [-0.15, -0.1) is 5.10 Å². The predicted molar refractivity (Wildman–Crippen MR) is 85.7 cm³/mol. The van der Waals surface area contributed by atoms with Crippen molar-refractivity contribution in [1.82, 2.24) is 14.8 Å². The maximum Gasteiger partial charge on any atom is 0.262 e. The molecule has 0 aromatic carbocycles. The number of aliphatic hydroxyl groups is 1. The molecule has 0 aliphatic carbocycles. The van der Waals surface area contributed by atoms with Gasteiger partial charge in [0.2, 0.25) is 0 Å². The fraction of sp³-hybridized carbons (Fsp3) is 0.533. The van der Waals surface area contributed by atoms with Gasteiger partial charge in [0.05, 0.1) is 17.7 Å². The van der Waals surface area contributed by atoms with Gasteiger partial charge in [-0.1, -0.05) is 27.2 Å². The van der Waals surface area contributed by atoms with E-state index in [1.54, 1.807) is 13.2 Å². The van der Waals surface area contributed by atoms with Gasteiger partial charge in [-0.05, 0) is 12.5 Å². The molecule has 2 rings (SSSR count). The first-order valence-corrected chi connectivity index (χ1v) is 7.38. The number of aliphatic hydroxyl groups excluding tert-OH is 1. The second kappa shape index (κ2) is 8.36. The Labute approximate surface area is 124 Å². The van der Waals surface area contributed by atoms with E-state index in [9.17, 15) is 4.79 Å². The summed E-state index contributed by atoms with van der Waals surface area (Å²) in [7, 11) is 1.71. The van der Waals surface area contributed by atoms with Crippen LogP contribution in [0.5, 0.6) is 0 Å². The van der Waals surface area contributed by atoms with Gasteiger partial charge in [0, 0.05) is 25.2 Å². The third-order valence-electron chi connectivity index (χ3n) is 2.98. The zero-order valence-corrected chi connectivity index (χ0v) is 13.2. The molecule has 116 valence electrons. The van der Waals surface area contributed by atoms with Gasteiger partial charge < -0.3 is 15.0 Å². The summed E-state index contributed by atoms with van der Waals surface area (Å²) in [6.07, 6.45) is 3.47. The summed E-state index contributed by atoms with van der Waals surface area (Å²) < 4.78 is 1.52. The van der Waals surface area contributed by atoms with Crippen molar-refractivity contribution in [3.8, 4) is 0 Å². The Bertz CT molecular complexity index is 637. The van der Waals surface area contributed by atoms with Gasteiger partial charge in [0.25, 0.3) is 5.56 Å². The molecule has 0 spiro atoms. The lowest BCUT2D eigenvalue weighted by atomic mass is 10.1. The monoisotopic (exact) mass is 292 g/mol. The van der Waals surface area contributed by atoms with Crippen molar-refractivity contribution in [2.75, 3.05) is 18.5 Å². The Morgan fingerprint density at radius 1 is 1.33 bits per heavy atom. The number of anilines is 1. The van der Waals surface area contributed by atoms with Crippen molar-refractivity contribution in [2.45, 2.75) is 33.6 Å². The lowest BCUT2D eigenvalue weighted by molar-refractivity contribution is 0.311. The van der Waals surface area contributed by atoms with Gasteiger partial charge in [-0.2, -0.15) is 5.10 Å². The van der Waals surface area contributed by atoms with Gasteiger partial charge in [-0.25, -0.2) is 0 Å². The van der Waals surface area contributed by atoms with Crippen LogP contribution < -0.4 is 10.9 Å². The first-order chi connectivity index (χ1) is 10.2. The molecule has 2 aromatic heterocycles. The first kappa shape index (κ1) is 17.1. The molecule has 2 N–H and O–H groups in total. The molecule has 2 heterocycles. The molecule has 0 bridgehead atoms. The van der Waals surface area contributed by atoms with Crippen LogP contribution >= 0.6 is 0 Å².